The number of rotatable bonds is 4. The van der Waals surface area contributed by atoms with E-state index in [9.17, 15) is 4.79 Å². The molecule has 20 heavy (non-hydrogen) atoms. The van der Waals surface area contributed by atoms with Gasteiger partial charge in [0.25, 0.3) is 0 Å². The molecule has 5 nitrogen and oxygen atoms in total. The maximum Gasteiger partial charge on any atom is 0.187 e. The Labute approximate surface area is 117 Å². The molecule has 2 aromatic rings. The molecular weight excluding hydrogens is 252 g/mol. The van der Waals surface area contributed by atoms with Crippen LogP contribution in [-0.2, 0) is 0 Å². The van der Waals surface area contributed by atoms with Gasteiger partial charge in [-0.3, -0.25) is 4.79 Å². The lowest BCUT2D eigenvalue weighted by Crippen LogP contribution is -2.25. The number of nitriles is 1. The van der Waals surface area contributed by atoms with Crippen LogP contribution in [0.25, 0.3) is 6.08 Å². The Morgan fingerprint density at radius 3 is 2.85 bits per heavy atom. The largest absolute Gasteiger partial charge is 0.317 e. The zero-order chi connectivity index (χ0) is 14.5. The molecule has 1 aromatic carbocycles. The molecule has 1 aromatic heterocycles. The Morgan fingerprint density at radius 2 is 2.15 bits per heavy atom. The summed E-state index contributed by atoms with van der Waals surface area (Å²) >= 11 is 0. The van der Waals surface area contributed by atoms with Gasteiger partial charge in [0.1, 0.15) is 0 Å². The quantitative estimate of drug-likeness (QED) is 0.626. The van der Waals surface area contributed by atoms with Crippen LogP contribution in [-0.4, -0.2) is 29.5 Å². The molecule has 0 aliphatic heterocycles. The van der Waals surface area contributed by atoms with Gasteiger partial charge in [0.15, 0.2) is 11.6 Å². The highest BCUT2D eigenvalue weighted by Crippen LogP contribution is 2.10. The second-order valence-electron chi connectivity index (χ2n) is 4.33. The summed E-state index contributed by atoms with van der Waals surface area (Å²) in [5, 5.41) is 10.8. The van der Waals surface area contributed by atoms with E-state index >= 15 is 0 Å². The molecule has 0 saturated carbocycles. The third-order valence-electron chi connectivity index (χ3n) is 2.78. The van der Waals surface area contributed by atoms with Crippen LogP contribution < -0.4 is 5.01 Å². The minimum Gasteiger partial charge on any atom is -0.317 e. The van der Waals surface area contributed by atoms with Gasteiger partial charge in [-0.25, -0.2) is 9.66 Å². The highest BCUT2D eigenvalue weighted by Gasteiger charge is 2.08. The predicted octanol–water partition coefficient (Wildman–Crippen LogP) is 1.85. The van der Waals surface area contributed by atoms with Gasteiger partial charge in [0.2, 0.25) is 0 Å². The number of hydrogen-bond donors (Lipinski definition) is 0. The molecule has 0 unspecified atom stereocenters. The number of allylic oxidation sites excluding steroid dienone is 1. The Kier molecular flexibility index (Phi) is 3.96. The SMILES string of the molecule is CN(C)n1ccnc1/C=C/C(=O)c1ccccc1C#N. The van der Waals surface area contributed by atoms with Crippen molar-refractivity contribution in [3.63, 3.8) is 0 Å². The summed E-state index contributed by atoms with van der Waals surface area (Å²) in [6.45, 7) is 0. The Morgan fingerprint density at radius 1 is 1.40 bits per heavy atom. The van der Waals surface area contributed by atoms with Crippen molar-refractivity contribution in [1.82, 2.24) is 9.66 Å². The van der Waals surface area contributed by atoms with Gasteiger partial charge in [-0.05, 0) is 24.3 Å². The van der Waals surface area contributed by atoms with Crippen molar-refractivity contribution in [2.24, 2.45) is 0 Å². The van der Waals surface area contributed by atoms with Crippen LogP contribution in [0, 0.1) is 11.3 Å². The molecular formula is C15H14N4O. The third-order valence-corrected chi connectivity index (χ3v) is 2.78. The first-order valence-corrected chi connectivity index (χ1v) is 6.06. The van der Waals surface area contributed by atoms with Crippen LogP contribution in [0.15, 0.2) is 42.7 Å². The number of carbonyl (C=O) groups excluding carboxylic acids is 1. The number of hydrogen-bond acceptors (Lipinski definition) is 4. The Bertz CT molecular complexity index is 692. The molecule has 0 amide bonds. The summed E-state index contributed by atoms with van der Waals surface area (Å²) in [6.07, 6.45) is 6.52. The molecule has 0 N–H and O–H groups in total. The standard InChI is InChI=1S/C15H14N4O/c1-18(2)19-10-9-17-15(19)8-7-14(20)13-6-4-3-5-12(13)11-16/h3-10H,1-2H3/b8-7+. The molecule has 0 saturated heterocycles. The maximum atomic E-state index is 12.1. The van der Waals surface area contributed by atoms with Gasteiger partial charge in [-0.1, -0.05) is 12.1 Å². The van der Waals surface area contributed by atoms with Crippen molar-refractivity contribution in [1.29, 1.82) is 5.26 Å². The van der Waals surface area contributed by atoms with Gasteiger partial charge in [-0.15, -0.1) is 0 Å². The van der Waals surface area contributed by atoms with Gasteiger partial charge < -0.3 is 5.01 Å². The number of nitrogens with zero attached hydrogens (tertiary/aromatic N) is 4. The van der Waals surface area contributed by atoms with Crippen LogP contribution in [0.4, 0.5) is 0 Å². The van der Waals surface area contributed by atoms with Crippen molar-refractivity contribution in [2.75, 3.05) is 19.1 Å². The van der Waals surface area contributed by atoms with E-state index in [2.05, 4.69) is 4.98 Å². The predicted molar refractivity (Wildman–Crippen MR) is 76.8 cm³/mol. The van der Waals surface area contributed by atoms with E-state index in [0.29, 0.717) is 17.0 Å². The fourth-order valence-corrected chi connectivity index (χ4v) is 1.80. The van der Waals surface area contributed by atoms with E-state index in [1.54, 1.807) is 47.4 Å². The minimum atomic E-state index is -0.213. The fraction of sp³-hybridized carbons (Fsp3) is 0.133. The molecule has 0 aliphatic rings. The molecule has 100 valence electrons. The van der Waals surface area contributed by atoms with E-state index in [0.717, 1.165) is 0 Å². The van der Waals surface area contributed by atoms with Crippen molar-refractivity contribution < 1.29 is 4.79 Å². The molecule has 0 bridgehead atoms. The lowest BCUT2D eigenvalue weighted by molar-refractivity contribution is 0.104. The van der Waals surface area contributed by atoms with Crippen LogP contribution in [0.3, 0.4) is 0 Å². The van der Waals surface area contributed by atoms with Crippen molar-refractivity contribution >= 4 is 11.9 Å². The molecule has 0 aliphatic carbocycles. The van der Waals surface area contributed by atoms with Crippen LogP contribution >= 0.6 is 0 Å². The summed E-state index contributed by atoms with van der Waals surface area (Å²) in [6, 6.07) is 8.76. The summed E-state index contributed by atoms with van der Waals surface area (Å²) < 4.78 is 1.81. The summed E-state index contributed by atoms with van der Waals surface area (Å²) in [7, 11) is 3.76. The molecule has 0 fully saturated rings. The Balaban J connectivity index is 2.26. The second kappa shape index (κ2) is 5.85. The second-order valence-corrected chi connectivity index (χ2v) is 4.33. The fourth-order valence-electron chi connectivity index (χ4n) is 1.80. The van der Waals surface area contributed by atoms with Gasteiger partial charge in [0.05, 0.1) is 11.6 Å². The first-order chi connectivity index (χ1) is 9.63. The van der Waals surface area contributed by atoms with Gasteiger partial charge in [-0.2, -0.15) is 5.26 Å². The van der Waals surface area contributed by atoms with Gasteiger partial charge in [0, 0.05) is 32.1 Å². The zero-order valence-electron chi connectivity index (χ0n) is 11.3. The number of benzene rings is 1. The zero-order valence-corrected chi connectivity index (χ0v) is 11.3. The number of ketones is 1. The number of imidazole rings is 1. The number of carbonyl (C=O) groups is 1. The van der Waals surface area contributed by atoms with E-state index in [4.69, 9.17) is 5.26 Å². The summed E-state index contributed by atoms with van der Waals surface area (Å²) in [5.74, 6) is 0.438. The van der Waals surface area contributed by atoms with Crippen LogP contribution in [0.2, 0.25) is 0 Å². The molecule has 0 spiro atoms. The first kappa shape index (κ1) is 13.6. The molecule has 5 heteroatoms. The first-order valence-electron chi connectivity index (χ1n) is 6.06. The maximum absolute atomic E-state index is 12.1. The topological polar surface area (TPSA) is 61.9 Å². The lowest BCUT2D eigenvalue weighted by Gasteiger charge is -2.14. The molecule has 0 atom stereocenters. The van der Waals surface area contributed by atoms with Gasteiger partial charge >= 0.3 is 0 Å². The minimum absolute atomic E-state index is 0.213. The molecule has 1 heterocycles. The van der Waals surface area contributed by atoms with E-state index < -0.39 is 0 Å². The highest BCUT2D eigenvalue weighted by molar-refractivity contribution is 6.08. The number of aromatic nitrogens is 2. The average molecular weight is 266 g/mol. The molecule has 0 radical (unpaired) electrons. The lowest BCUT2D eigenvalue weighted by atomic mass is 10.0. The summed E-state index contributed by atoms with van der Waals surface area (Å²) in [5.41, 5.74) is 0.771. The van der Waals surface area contributed by atoms with Crippen molar-refractivity contribution in [3.8, 4) is 6.07 Å². The van der Waals surface area contributed by atoms with Crippen LogP contribution in [0.1, 0.15) is 21.7 Å². The third kappa shape index (κ3) is 2.75. The highest BCUT2D eigenvalue weighted by atomic mass is 16.1. The van der Waals surface area contributed by atoms with E-state index in [1.165, 1.54) is 6.08 Å². The van der Waals surface area contributed by atoms with Crippen molar-refractivity contribution in [2.45, 2.75) is 0 Å². The monoisotopic (exact) mass is 266 g/mol. The Hall–Kier alpha value is -2.87. The normalized spacial score (nSPS) is 10.4. The smallest absolute Gasteiger partial charge is 0.187 e. The van der Waals surface area contributed by atoms with Crippen LogP contribution in [0.5, 0.6) is 0 Å². The van der Waals surface area contributed by atoms with E-state index in [-0.39, 0.29) is 5.78 Å². The van der Waals surface area contributed by atoms with E-state index in [1.807, 2.05) is 25.2 Å². The molecule has 2 rings (SSSR count). The summed E-state index contributed by atoms with van der Waals surface area (Å²) in [4.78, 5) is 16.3. The average Bonchev–Trinajstić information content (AvgIpc) is 2.93. The van der Waals surface area contributed by atoms with Crippen molar-refractivity contribution in [3.05, 3.63) is 59.7 Å².